The van der Waals surface area contributed by atoms with Crippen LogP contribution in [0.4, 0.5) is 0 Å². The van der Waals surface area contributed by atoms with Crippen LogP contribution in [0, 0.1) is 0 Å². The predicted molar refractivity (Wildman–Crippen MR) is 136 cm³/mol. The largest absolute Gasteiger partial charge is 0.508 e. The summed E-state index contributed by atoms with van der Waals surface area (Å²) in [6.07, 6.45) is 10.3. The van der Waals surface area contributed by atoms with Crippen LogP contribution < -0.4 is 5.32 Å². The summed E-state index contributed by atoms with van der Waals surface area (Å²) in [6.45, 7) is 6.94. The quantitative estimate of drug-likeness (QED) is 0.580. The minimum atomic E-state index is 0.0273. The Kier molecular flexibility index (Phi) is 7.02. The lowest BCUT2D eigenvalue weighted by Crippen LogP contribution is -2.40. The van der Waals surface area contributed by atoms with Crippen molar-refractivity contribution in [1.82, 2.24) is 15.1 Å². The molecule has 2 heterocycles. The van der Waals surface area contributed by atoms with E-state index >= 15 is 0 Å². The molecule has 1 aliphatic carbocycles. The van der Waals surface area contributed by atoms with E-state index in [4.69, 9.17) is 0 Å². The molecule has 0 aromatic heterocycles. The molecule has 2 saturated heterocycles. The second kappa shape index (κ2) is 10.3. The first kappa shape index (κ1) is 23.1. The lowest BCUT2D eigenvalue weighted by Gasteiger charge is -2.34. The lowest BCUT2D eigenvalue weighted by atomic mass is 9.94. The first-order chi connectivity index (χ1) is 16.6. The first-order valence-electron chi connectivity index (χ1n) is 12.9. The number of aromatic hydroxyl groups is 1. The van der Waals surface area contributed by atoms with E-state index in [2.05, 4.69) is 39.9 Å². The zero-order chi connectivity index (χ0) is 23.5. The predicted octanol–water partition coefficient (Wildman–Crippen LogP) is 4.88. The number of phenolic OH excluding ortho intramolecular Hbond substituents is 1. The van der Waals surface area contributed by atoms with Crippen molar-refractivity contribution < 1.29 is 9.90 Å². The van der Waals surface area contributed by atoms with Crippen LogP contribution in [0.25, 0.3) is 0 Å². The van der Waals surface area contributed by atoms with Gasteiger partial charge in [0.1, 0.15) is 5.75 Å². The standard InChI is InChI=1S/C29H37N3O2/c1-2-17-32-25-14-15-26(32)20-31(18-16-25)28(23-6-5-9-27(33)19-23)21-10-12-22(13-11-21)29(34)30-24-7-3-4-8-24/h2,5-6,9-13,19,24-26,28,33H,1,3-4,7-8,14-18,20H2,(H,30,34). The second-order valence-electron chi connectivity index (χ2n) is 10.2. The van der Waals surface area contributed by atoms with Gasteiger partial charge in [0.15, 0.2) is 0 Å². The van der Waals surface area contributed by atoms with Crippen molar-refractivity contribution in [1.29, 1.82) is 0 Å². The topological polar surface area (TPSA) is 55.8 Å². The SMILES string of the molecule is C=CCN1C2CCC1CN(C(c1ccc(C(=O)NC3CCCC3)cc1)c1cccc(O)c1)CC2. The number of benzene rings is 2. The number of nitrogens with one attached hydrogen (secondary N) is 1. The lowest BCUT2D eigenvalue weighted by molar-refractivity contribution is 0.0938. The van der Waals surface area contributed by atoms with Crippen LogP contribution in [0.5, 0.6) is 5.75 Å². The van der Waals surface area contributed by atoms with Crippen LogP contribution >= 0.6 is 0 Å². The van der Waals surface area contributed by atoms with Crippen LogP contribution in [-0.4, -0.2) is 58.6 Å². The molecule has 3 unspecified atom stereocenters. The van der Waals surface area contributed by atoms with Crippen molar-refractivity contribution in [2.45, 2.75) is 69.1 Å². The minimum Gasteiger partial charge on any atom is -0.508 e. The number of fused-ring (bicyclic) bond motifs is 2. The van der Waals surface area contributed by atoms with Gasteiger partial charge in [0.05, 0.1) is 6.04 Å². The van der Waals surface area contributed by atoms with Crippen LogP contribution in [0.15, 0.2) is 61.2 Å². The van der Waals surface area contributed by atoms with Crippen molar-refractivity contribution >= 4 is 5.91 Å². The summed E-state index contributed by atoms with van der Waals surface area (Å²) >= 11 is 0. The number of nitrogens with zero attached hydrogens (tertiary/aromatic N) is 2. The minimum absolute atomic E-state index is 0.0273. The van der Waals surface area contributed by atoms with E-state index in [1.807, 2.05) is 30.3 Å². The molecule has 5 rings (SSSR count). The third-order valence-corrected chi connectivity index (χ3v) is 8.04. The summed E-state index contributed by atoms with van der Waals surface area (Å²) in [4.78, 5) is 18.0. The van der Waals surface area contributed by atoms with Gasteiger partial charge in [0.25, 0.3) is 5.91 Å². The summed E-state index contributed by atoms with van der Waals surface area (Å²) in [6, 6.07) is 17.3. The van der Waals surface area contributed by atoms with Gasteiger partial charge in [0, 0.05) is 43.3 Å². The van der Waals surface area contributed by atoms with Crippen molar-refractivity contribution in [2.24, 2.45) is 0 Å². The molecular weight excluding hydrogens is 422 g/mol. The van der Waals surface area contributed by atoms with E-state index in [1.54, 1.807) is 6.07 Å². The molecule has 5 nitrogen and oxygen atoms in total. The van der Waals surface area contributed by atoms with Crippen LogP contribution in [0.2, 0.25) is 0 Å². The molecule has 2 bridgehead atoms. The Morgan fingerprint density at radius 2 is 1.79 bits per heavy atom. The zero-order valence-corrected chi connectivity index (χ0v) is 20.0. The number of hydrogen-bond acceptors (Lipinski definition) is 4. The van der Waals surface area contributed by atoms with Gasteiger partial charge < -0.3 is 10.4 Å². The van der Waals surface area contributed by atoms with E-state index in [9.17, 15) is 9.90 Å². The Labute approximate surface area is 203 Å². The van der Waals surface area contributed by atoms with E-state index < -0.39 is 0 Å². The van der Waals surface area contributed by atoms with Gasteiger partial charge in [-0.15, -0.1) is 6.58 Å². The Bertz CT molecular complexity index is 999. The van der Waals surface area contributed by atoms with E-state index in [-0.39, 0.29) is 11.9 Å². The monoisotopic (exact) mass is 459 g/mol. The molecule has 5 heteroatoms. The Balaban J connectivity index is 1.40. The van der Waals surface area contributed by atoms with Crippen LogP contribution in [0.3, 0.4) is 0 Å². The number of likely N-dealkylation sites (tertiary alicyclic amines) is 1. The van der Waals surface area contributed by atoms with E-state index in [0.717, 1.165) is 55.6 Å². The maximum Gasteiger partial charge on any atom is 0.251 e. The fourth-order valence-electron chi connectivity index (χ4n) is 6.34. The molecule has 2 aromatic carbocycles. The highest BCUT2D eigenvalue weighted by molar-refractivity contribution is 5.94. The molecule has 3 fully saturated rings. The summed E-state index contributed by atoms with van der Waals surface area (Å²) < 4.78 is 0. The molecular formula is C29H37N3O2. The number of rotatable bonds is 7. The Morgan fingerprint density at radius 3 is 2.53 bits per heavy atom. The number of carbonyl (C=O) groups excluding carboxylic acids is 1. The average molecular weight is 460 g/mol. The molecule has 34 heavy (non-hydrogen) atoms. The summed E-state index contributed by atoms with van der Waals surface area (Å²) in [7, 11) is 0. The van der Waals surface area contributed by atoms with Crippen LogP contribution in [0.1, 0.15) is 72.5 Å². The number of amides is 1. The molecule has 3 aliphatic rings. The van der Waals surface area contributed by atoms with E-state index in [0.29, 0.717) is 23.9 Å². The maximum absolute atomic E-state index is 12.8. The first-order valence-corrected chi connectivity index (χ1v) is 12.9. The molecule has 2 aromatic rings. The summed E-state index contributed by atoms with van der Waals surface area (Å²) in [5, 5.41) is 13.4. The smallest absolute Gasteiger partial charge is 0.251 e. The third-order valence-electron chi connectivity index (χ3n) is 8.04. The highest BCUT2D eigenvalue weighted by Crippen LogP contribution is 2.37. The number of phenols is 1. The van der Waals surface area contributed by atoms with Gasteiger partial charge in [0.2, 0.25) is 0 Å². The van der Waals surface area contributed by atoms with Gasteiger partial charge in [-0.25, -0.2) is 0 Å². The summed E-state index contributed by atoms with van der Waals surface area (Å²) in [5.41, 5.74) is 2.98. The number of carbonyl (C=O) groups is 1. The molecule has 0 radical (unpaired) electrons. The van der Waals surface area contributed by atoms with E-state index in [1.165, 1.54) is 25.7 Å². The van der Waals surface area contributed by atoms with Gasteiger partial charge in [-0.1, -0.05) is 43.2 Å². The van der Waals surface area contributed by atoms with Crippen molar-refractivity contribution in [2.75, 3.05) is 19.6 Å². The Morgan fingerprint density at radius 1 is 1.03 bits per heavy atom. The normalized spacial score (nSPS) is 24.6. The van der Waals surface area contributed by atoms with Crippen LogP contribution in [-0.2, 0) is 0 Å². The zero-order valence-electron chi connectivity index (χ0n) is 20.0. The molecule has 0 spiro atoms. The highest BCUT2D eigenvalue weighted by atomic mass is 16.3. The van der Waals surface area contributed by atoms with Gasteiger partial charge in [-0.2, -0.15) is 0 Å². The number of hydrogen-bond donors (Lipinski definition) is 2. The van der Waals surface area contributed by atoms with Crippen molar-refractivity contribution in [3.05, 3.63) is 77.9 Å². The molecule has 1 amide bonds. The van der Waals surface area contributed by atoms with Gasteiger partial charge in [-0.3, -0.25) is 14.6 Å². The Hall–Kier alpha value is -2.63. The van der Waals surface area contributed by atoms with Gasteiger partial charge >= 0.3 is 0 Å². The molecule has 1 saturated carbocycles. The molecule has 2 aliphatic heterocycles. The van der Waals surface area contributed by atoms with Crippen molar-refractivity contribution in [3.8, 4) is 5.75 Å². The van der Waals surface area contributed by atoms with Gasteiger partial charge in [-0.05, 0) is 67.5 Å². The highest BCUT2D eigenvalue weighted by Gasteiger charge is 2.38. The maximum atomic E-state index is 12.8. The molecule has 2 N–H and O–H groups in total. The fourth-order valence-corrected chi connectivity index (χ4v) is 6.34. The summed E-state index contributed by atoms with van der Waals surface area (Å²) in [5.74, 6) is 0.319. The average Bonchev–Trinajstić information content (AvgIpc) is 3.43. The van der Waals surface area contributed by atoms with Crippen molar-refractivity contribution in [3.63, 3.8) is 0 Å². The molecule has 180 valence electrons. The second-order valence-corrected chi connectivity index (χ2v) is 10.2. The third kappa shape index (κ3) is 4.91. The molecule has 3 atom stereocenters. The fraction of sp³-hybridized carbons (Fsp3) is 0.483.